The molecule has 0 spiro atoms. The van der Waals surface area contributed by atoms with Crippen LogP contribution < -0.4 is 21.0 Å². The molecule has 0 saturated heterocycles. The Morgan fingerprint density at radius 2 is 1.67 bits per heavy atom. The number of aromatic amines is 2. The van der Waals surface area contributed by atoms with Gasteiger partial charge in [0.25, 0.3) is 11.5 Å². The number of anilines is 1. The highest BCUT2D eigenvalue weighted by Crippen LogP contribution is 2.28. The van der Waals surface area contributed by atoms with Crippen molar-refractivity contribution in [2.45, 2.75) is 0 Å². The fraction of sp³-hybridized carbons (Fsp3) is 0.0500. The number of phenols is 1. The monoisotopic (exact) mass is 361 g/mol. The minimum Gasteiger partial charge on any atom is -0.508 e. The molecule has 0 radical (unpaired) electrons. The van der Waals surface area contributed by atoms with Gasteiger partial charge in [-0.05, 0) is 35.9 Å². The normalized spacial score (nSPS) is 16.6. The summed E-state index contributed by atoms with van der Waals surface area (Å²) in [5.41, 5.74) is 1.02. The summed E-state index contributed by atoms with van der Waals surface area (Å²) in [4.78, 5) is 39.5. The number of carbonyl (C=O) groups excluding carboxylic acids is 2. The number of amides is 1. The Labute approximate surface area is 152 Å². The van der Waals surface area contributed by atoms with Crippen molar-refractivity contribution in [2.75, 3.05) is 11.9 Å². The molecule has 4 rings (SSSR count). The molecular formula is C20H15N3O4. The maximum atomic E-state index is 13.0. The van der Waals surface area contributed by atoms with E-state index in [1.54, 1.807) is 49.5 Å². The number of para-hydroxylation sites is 1. The quantitative estimate of drug-likeness (QED) is 0.577. The van der Waals surface area contributed by atoms with Crippen LogP contribution in [0.3, 0.4) is 0 Å². The van der Waals surface area contributed by atoms with Gasteiger partial charge in [-0.2, -0.15) is 0 Å². The van der Waals surface area contributed by atoms with Gasteiger partial charge in [0.2, 0.25) is 5.78 Å². The van der Waals surface area contributed by atoms with Crippen LogP contribution in [0.1, 0.15) is 15.9 Å². The van der Waals surface area contributed by atoms with Crippen molar-refractivity contribution in [2.24, 2.45) is 0 Å². The van der Waals surface area contributed by atoms with Crippen molar-refractivity contribution in [1.82, 2.24) is 10.2 Å². The number of Topliss-reactive ketones (excluding diaryl/α,β-unsaturated/α-hetero) is 1. The third kappa shape index (κ3) is 2.65. The zero-order chi connectivity index (χ0) is 19.1. The number of fused-ring (bicyclic) bond motifs is 1. The van der Waals surface area contributed by atoms with Crippen molar-refractivity contribution < 1.29 is 14.7 Å². The first-order valence-electron chi connectivity index (χ1n) is 8.21. The fourth-order valence-electron chi connectivity index (χ4n) is 3.13. The largest absolute Gasteiger partial charge is 0.508 e. The highest BCUT2D eigenvalue weighted by molar-refractivity contribution is 6.51. The fourth-order valence-corrected chi connectivity index (χ4v) is 3.13. The number of nitrogens with one attached hydrogen (secondary N) is 2. The van der Waals surface area contributed by atoms with Crippen LogP contribution in [0.5, 0.6) is 5.75 Å². The summed E-state index contributed by atoms with van der Waals surface area (Å²) in [7, 11) is 1.59. The lowest BCUT2D eigenvalue weighted by Crippen LogP contribution is -2.44. The summed E-state index contributed by atoms with van der Waals surface area (Å²) in [6, 6.07) is 13.1. The molecular weight excluding hydrogens is 346 g/mol. The van der Waals surface area contributed by atoms with E-state index in [1.807, 2.05) is 0 Å². The first-order valence-corrected chi connectivity index (χ1v) is 8.21. The van der Waals surface area contributed by atoms with Crippen LogP contribution in [-0.2, 0) is 4.79 Å². The summed E-state index contributed by atoms with van der Waals surface area (Å²) in [6.45, 7) is 0. The highest BCUT2D eigenvalue weighted by atomic mass is 16.3. The van der Waals surface area contributed by atoms with Gasteiger partial charge in [-0.3, -0.25) is 24.6 Å². The van der Waals surface area contributed by atoms with E-state index >= 15 is 0 Å². The number of aromatic nitrogens is 2. The van der Waals surface area contributed by atoms with E-state index in [-0.39, 0.29) is 21.9 Å². The Morgan fingerprint density at radius 1 is 0.963 bits per heavy atom. The van der Waals surface area contributed by atoms with Crippen LogP contribution >= 0.6 is 0 Å². The van der Waals surface area contributed by atoms with Gasteiger partial charge in [-0.25, -0.2) is 0 Å². The maximum Gasteiger partial charge on any atom is 0.271 e. The number of ketones is 1. The molecule has 0 saturated carbocycles. The zero-order valence-corrected chi connectivity index (χ0v) is 14.3. The van der Waals surface area contributed by atoms with E-state index in [2.05, 4.69) is 10.2 Å². The van der Waals surface area contributed by atoms with Gasteiger partial charge in [0, 0.05) is 12.6 Å². The summed E-state index contributed by atoms with van der Waals surface area (Å²) in [6.07, 6.45) is 1.55. The summed E-state index contributed by atoms with van der Waals surface area (Å²) in [5.74, 6) is -0.834. The lowest BCUT2D eigenvalue weighted by atomic mass is 9.95. The number of carbonyl (C=O) groups is 2. The lowest BCUT2D eigenvalue weighted by Gasteiger charge is -2.25. The summed E-state index contributed by atoms with van der Waals surface area (Å²) in [5, 5.41) is 14.8. The van der Waals surface area contributed by atoms with E-state index < -0.39 is 17.2 Å². The molecule has 7 heteroatoms. The zero-order valence-electron chi connectivity index (χ0n) is 14.3. The molecule has 2 aromatic carbocycles. The van der Waals surface area contributed by atoms with Gasteiger partial charge in [-0.1, -0.05) is 24.3 Å². The second-order valence-corrected chi connectivity index (χ2v) is 6.19. The van der Waals surface area contributed by atoms with Crippen molar-refractivity contribution in [3.63, 3.8) is 0 Å². The molecule has 1 aromatic heterocycles. The number of rotatable bonds is 1. The maximum absolute atomic E-state index is 13.0. The van der Waals surface area contributed by atoms with Gasteiger partial charge < -0.3 is 10.0 Å². The van der Waals surface area contributed by atoms with Gasteiger partial charge >= 0.3 is 0 Å². The van der Waals surface area contributed by atoms with Gasteiger partial charge in [-0.15, -0.1) is 0 Å². The van der Waals surface area contributed by atoms with Gasteiger partial charge in [0.1, 0.15) is 11.3 Å². The second-order valence-electron chi connectivity index (χ2n) is 6.19. The van der Waals surface area contributed by atoms with E-state index in [4.69, 9.17) is 0 Å². The van der Waals surface area contributed by atoms with Crippen LogP contribution in [0.4, 0.5) is 5.69 Å². The molecule has 2 heterocycles. The minimum atomic E-state index is -0.491. The van der Waals surface area contributed by atoms with Gasteiger partial charge in [0.15, 0.2) is 0 Å². The molecule has 0 unspecified atom stereocenters. The predicted molar refractivity (Wildman–Crippen MR) is 99.9 cm³/mol. The number of H-pyrrole nitrogens is 2. The van der Waals surface area contributed by atoms with Crippen molar-refractivity contribution in [1.29, 1.82) is 0 Å². The van der Waals surface area contributed by atoms with Crippen LogP contribution in [0.15, 0.2) is 53.3 Å². The third-order valence-corrected chi connectivity index (χ3v) is 4.52. The molecule has 7 nitrogen and oxygen atoms in total. The Hall–Kier alpha value is -3.87. The molecule has 3 N–H and O–H groups in total. The third-order valence-electron chi connectivity index (χ3n) is 4.52. The van der Waals surface area contributed by atoms with Crippen LogP contribution in [0.25, 0.3) is 11.6 Å². The number of benzene rings is 2. The highest BCUT2D eigenvalue weighted by Gasteiger charge is 2.33. The molecule has 0 atom stereocenters. The molecule has 3 aromatic rings. The van der Waals surface area contributed by atoms with Gasteiger partial charge in [0.05, 0.1) is 16.3 Å². The number of hydrogen-bond donors (Lipinski definition) is 3. The molecule has 1 aliphatic rings. The number of phenolic OH excluding ortho intramolecular Hbond substituents is 1. The topological polar surface area (TPSA) is 106 Å². The SMILES string of the molecule is CN1C(=O)C(=c2[nH][nH]c(=O)/c2=C\c2ccc(O)cc2)C(=O)c2ccccc21. The van der Waals surface area contributed by atoms with E-state index in [0.717, 1.165) is 0 Å². The van der Waals surface area contributed by atoms with Crippen LogP contribution in [0, 0.1) is 0 Å². The first-order chi connectivity index (χ1) is 13.0. The Bertz CT molecular complexity index is 1250. The molecule has 0 fully saturated rings. The van der Waals surface area contributed by atoms with Crippen LogP contribution in [-0.4, -0.2) is 34.0 Å². The Kier molecular flexibility index (Phi) is 3.77. The summed E-state index contributed by atoms with van der Waals surface area (Å²) < 4.78 is 0. The number of hydrogen-bond acceptors (Lipinski definition) is 4. The smallest absolute Gasteiger partial charge is 0.271 e. The van der Waals surface area contributed by atoms with Crippen molar-refractivity contribution in [3.05, 3.63) is 80.6 Å². The molecule has 1 amide bonds. The molecule has 1 aliphatic heterocycles. The molecule has 0 bridgehead atoms. The number of nitrogens with zero attached hydrogens (tertiary/aromatic N) is 1. The average molecular weight is 361 g/mol. The second kappa shape index (κ2) is 6.14. The standard InChI is InChI=1S/C20H15N3O4/c1-23-15-5-3-2-4-13(15)18(25)16(20(23)27)17-14(19(26)22-21-17)10-11-6-8-12(24)9-7-11/h2-10,21,24H,1H3,(H,22,26)/b14-10-,17-16?. The average Bonchev–Trinajstić information content (AvgIpc) is 3.02. The van der Waals surface area contributed by atoms with E-state index in [9.17, 15) is 19.5 Å². The van der Waals surface area contributed by atoms with E-state index in [0.29, 0.717) is 16.8 Å². The Balaban J connectivity index is 2.03. The molecule has 27 heavy (non-hydrogen) atoms. The number of aromatic hydroxyl groups is 1. The van der Waals surface area contributed by atoms with Crippen molar-refractivity contribution in [3.8, 4) is 5.75 Å². The molecule has 134 valence electrons. The summed E-state index contributed by atoms with van der Waals surface area (Å²) >= 11 is 0. The van der Waals surface area contributed by atoms with Crippen molar-refractivity contribution >= 4 is 29.0 Å². The Morgan fingerprint density at radius 3 is 2.41 bits per heavy atom. The van der Waals surface area contributed by atoms with Crippen LogP contribution in [0.2, 0.25) is 0 Å². The minimum absolute atomic E-state index is 0.0976. The molecule has 0 aliphatic carbocycles. The lowest BCUT2D eigenvalue weighted by molar-refractivity contribution is -0.113. The van der Waals surface area contributed by atoms with E-state index in [1.165, 1.54) is 17.0 Å². The predicted octanol–water partition coefficient (Wildman–Crippen LogP) is 0.247. The first kappa shape index (κ1) is 16.6.